The van der Waals surface area contributed by atoms with Crippen molar-refractivity contribution in [3.05, 3.63) is 65.5 Å². The van der Waals surface area contributed by atoms with E-state index in [4.69, 9.17) is 0 Å². The summed E-state index contributed by atoms with van der Waals surface area (Å²) < 4.78 is 17.4. The summed E-state index contributed by atoms with van der Waals surface area (Å²) in [6.07, 6.45) is 0.0470. The van der Waals surface area contributed by atoms with Crippen LogP contribution in [0.15, 0.2) is 48.5 Å². The number of methoxy groups -OCH3 is 1. The van der Waals surface area contributed by atoms with Crippen LogP contribution in [0.3, 0.4) is 0 Å². The molecule has 2 aromatic carbocycles. The smallest absolute Gasteiger partial charge is 0.337 e. The fourth-order valence-corrected chi connectivity index (χ4v) is 2.08. The molecular formula is C18H17FN2O4. The Balaban J connectivity index is 1.83. The number of rotatable bonds is 6. The number of ether oxygens (including phenoxy) is 1. The second-order valence-corrected chi connectivity index (χ2v) is 5.20. The average molecular weight is 344 g/mol. The summed E-state index contributed by atoms with van der Waals surface area (Å²) in [5.74, 6) is -1.68. The maximum absolute atomic E-state index is 12.8. The Labute approximate surface area is 144 Å². The Morgan fingerprint density at radius 1 is 1.04 bits per heavy atom. The minimum atomic E-state index is -0.510. The number of benzene rings is 2. The van der Waals surface area contributed by atoms with Crippen molar-refractivity contribution in [1.29, 1.82) is 0 Å². The van der Waals surface area contributed by atoms with Crippen LogP contribution in [0, 0.1) is 5.82 Å². The zero-order valence-corrected chi connectivity index (χ0v) is 13.5. The van der Waals surface area contributed by atoms with Gasteiger partial charge in [-0.25, -0.2) is 9.18 Å². The molecule has 2 aromatic rings. The van der Waals surface area contributed by atoms with E-state index in [-0.39, 0.29) is 24.7 Å². The van der Waals surface area contributed by atoms with Crippen LogP contribution in [0.5, 0.6) is 0 Å². The van der Waals surface area contributed by atoms with Gasteiger partial charge in [-0.2, -0.15) is 0 Å². The van der Waals surface area contributed by atoms with E-state index in [0.717, 1.165) is 0 Å². The third-order valence-corrected chi connectivity index (χ3v) is 3.29. The topological polar surface area (TPSA) is 84.5 Å². The van der Waals surface area contributed by atoms with Crippen molar-refractivity contribution in [1.82, 2.24) is 5.32 Å². The number of carbonyl (C=O) groups is 3. The van der Waals surface area contributed by atoms with Crippen molar-refractivity contribution in [3.63, 3.8) is 0 Å². The predicted octanol–water partition coefficient (Wildman–Crippen LogP) is 1.91. The molecule has 0 aliphatic carbocycles. The largest absolute Gasteiger partial charge is 0.465 e. The molecule has 0 aliphatic heterocycles. The van der Waals surface area contributed by atoms with Crippen molar-refractivity contribution in [2.45, 2.75) is 6.42 Å². The first kappa shape index (κ1) is 18.1. The van der Waals surface area contributed by atoms with E-state index in [1.807, 2.05) is 0 Å². The zero-order chi connectivity index (χ0) is 18.2. The fourth-order valence-electron chi connectivity index (χ4n) is 2.08. The van der Waals surface area contributed by atoms with Gasteiger partial charge in [-0.1, -0.05) is 18.2 Å². The monoisotopic (exact) mass is 344 g/mol. The summed E-state index contributed by atoms with van der Waals surface area (Å²) >= 11 is 0. The van der Waals surface area contributed by atoms with Crippen molar-refractivity contribution < 1.29 is 23.5 Å². The predicted molar refractivity (Wildman–Crippen MR) is 89.5 cm³/mol. The highest BCUT2D eigenvalue weighted by molar-refractivity contribution is 5.96. The summed E-state index contributed by atoms with van der Waals surface area (Å²) in [6.45, 7) is -0.220. The minimum Gasteiger partial charge on any atom is -0.465 e. The van der Waals surface area contributed by atoms with Crippen LogP contribution in [-0.4, -0.2) is 31.4 Å². The zero-order valence-electron chi connectivity index (χ0n) is 13.5. The lowest BCUT2D eigenvalue weighted by Crippen LogP contribution is -2.33. The minimum absolute atomic E-state index is 0.0470. The van der Waals surface area contributed by atoms with E-state index < -0.39 is 11.9 Å². The third-order valence-electron chi connectivity index (χ3n) is 3.29. The quantitative estimate of drug-likeness (QED) is 0.784. The Hall–Kier alpha value is -3.22. The number of nitrogens with one attached hydrogen (secondary N) is 2. The number of esters is 1. The lowest BCUT2D eigenvalue weighted by Gasteiger charge is -2.08. The second kappa shape index (κ2) is 8.58. The molecule has 0 heterocycles. The molecule has 25 heavy (non-hydrogen) atoms. The molecule has 0 radical (unpaired) electrons. The maximum atomic E-state index is 12.8. The maximum Gasteiger partial charge on any atom is 0.337 e. The van der Waals surface area contributed by atoms with Gasteiger partial charge in [-0.3, -0.25) is 9.59 Å². The molecule has 0 atom stereocenters. The van der Waals surface area contributed by atoms with E-state index in [1.165, 1.54) is 37.4 Å². The first-order valence-electron chi connectivity index (χ1n) is 7.47. The molecule has 0 aliphatic rings. The van der Waals surface area contributed by atoms with E-state index in [1.54, 1.807) is 18.2 Å². The molecule has 0 unspecified atom stereocenters. The summed E-state index contributed by atoms with van der Waals surface area (Å²) in [5, 5.41) is 5.05. The molecule has 0 spiro atoms. The Kier molecular flexibility index (Phi) is 6.22. The van der Waals surface area contributed by atoms with Gasteiger partial charge in [-0.05, 0) is 35.9 Å². The van der Waals surface area contributed by atoms with E-state index in [9.17, 15) is 18.8 Å². The highest BCUT2D eigenvalue weighted by Gasteiger charge is 2.09. The molecular weight excluding hydrogens is 327 g/mol. The second-order valence-electron chi connectivity index (χ2n) is 5.20. The highest BCUT2D eigenvalue weighted by Crippen LogP contribution is 2.11. The molecule has 0 saturated carbocycles. The van der Waals surface area contributed by atoms with Crippen molar-refractivity contribution >= 4 is 23.5 Å². The van der Waals surface area contributed by atoms with Crippen LogP contribution in [-0.2, 0) is 20.7 Å². The number of anilines is 1. The molecule has 2 rings (SSSR count). The summed E-state index contributed by atoms with van der Waals surface area (Å²) in [6, 6.07) is 11.8. The van der Waals surface area contributed by atoms with Crippen molar-refractivity contribution in [3.8, 4) is 0 Å². The Morgan fingerprint density at radius 2 is 1.76 bits per heavy atom. The van der Waals surface area contributed by atoms with Gasteiger partial charge in [0.25, 0.3) is 0 Å². The average Bonchev–Trinajstić information content (AvgIpc) is 2.61. The van der Waals surface area contributed by atoms with Gasteiger partial charge in [0, 0.05) is 5.69 Å². The van der Waals surface area contributed by atoms with Gasteiger partial charge in [-0.15, -0.1) is 0 Å². The first-order valence-corrected chi connectivity index (χ1v) is 7.47. The normalized spacial score (nSPS) is 10.0. The van der Waals surface area contributed by atoms with E-state index in [2.05, 4.69) is 15.4 Å². The highest BCUT2D eigenvalue weighted by atomic mass is 19.1. The molecule has 0 fully saturated rings. The van der Waals surface area contributed by atoms with Gasteiger partial charge in [0.2, 0.25) is 11.8 Å². The molecule has 0 aromatic heterocycles. The van der Waals surface area contributed by atoms with Gasteiger partial charge >= 0.3 is 5.97 Å². The van der Waals surface area contributed by atoms with Gasteiger partial charge in [0.1, 0.15) is 5.82 Å². The number of amides is 2. The molecule has 7 heteroatoms. The van der Waals surface area contributed by atoms with E-state index in [0.29, 0.717) is 16.8 Å². The Morgan fingerprint density at radius 3 is 2.44 bits per heavy atom. The molecule has 2 N–H and O–H groups in total. The Bertz CT molecular complexity index is 775. The molecule has 0 bridgehead atoms. The number of hydrogen-bond donors (Lipinski definition) is 2. The van der Waals surface area contributed by atoms with Gasteiger partial charge < -0.3 is 15.4 Å². The number of halogens is 1. The number of hydrogen-bond acceptors (Lipinski definition) is 4. The standard InChI is InChI=1S/C18H17FN2O4/c1-25-18(24)13-3-2-4-15(10-13)21-17(23)11-20-16(22)9-12-5-7-14(19)8-6-12/h2-8,10H,9,11H2,1H3,(H,20,22)(H,21,23). The SMILES string of the molecule is COC(=O)c1cccc(NC(=O)CNC(=O)Cc2ccc(F)cc2)c1. The van der Waals surface area contributed by atoms with Crippen molar-refractivity contribution in [2.75, 3.05) is 19.0 Å². The summed E-state index contributed by atoms with van der Waals surface area (Å²) in [4.78, 5) is 35.1. The summed E-state index contributed by atoms with van der Waals surface area (Å²) in [5.41, 5.74) is 1.37. The van der Waals surface area contributed by atoms with Crippen LogP contribution in [0.4, 0.5) is 10.1 Å². The molecule has 130 valence electrons. The molecule has 6 nitrogen and oxygen atoms in total. The third kappa shape index (κ3) is 5.72. The van der Waals surface area contributed by atoms with Crippen LogP contribution >= 0.6 is 0 Å². The molecule has 2 amide bonds. The van der Waals surface area contributed by atoms with Crippen LogP contribution in [0.25, 0.3) is 0 Å². The lowest BCUT2D eigenvalue weighted by molar-refractivity contribution is -0.123. The van der Waals surface area contributed by atoms with Crippen LogP contribution in [0.2, 0.25) is 0 Å². The van der Waals surface area contributed by atoms with Crippen LogP contribution in [0.1, 0.15) is 15.9 Å². The lowest BCUT2D eigenvalue weighted by atomic mass is 10.1. The van der Waals surface area contributed by atoms with Gasteiger partial charge in [0.05, 0.1) is 25.6 Å². The van der Waals surface area contributed by atoms with Crippen molar-refractivity contribution in [2.24, 2.45) is 0 Å². The summed E-state index contributed by atoms with van der Waals surface area (Å²) in [7, 11) is 1.27. The van der Waals surface area contributed by atoms with Crippen LogP contribution < -0.4 is 10.6 Å². The fraction of sp³-hybridized carbons (Fsp3) is 0.167. The molecule has 0 saturated heterocycles. The number of carbonyl (C=O) groups excluding carboxylic acids is 3. The van der Waals surface area contributed by atoms with Gasteiger partial charge in [0.15, 0.2) is 0 Å². The van der Waals surface area contributed by atoms with E-state index >= 15 is 0 Å². The first-order chi connectivity index (χ1) is 12.0.